The molecule has 0 radical (unpaired) electrons. The van der Waals surface area contributed by atoms with Crippen molar-refractivity contribution in [2.45, 2.75) is 44.4 Å². The average molecular weight is 645 g/mol. The first-order valence-electron chi connectivity index (χ1n) is 14.1. The zero-order valence-electron chi connectivity index (χ0n) is 24.8. The van der Waals surface area contributed by atoms with Crippen LogP contribution in [0.25, 0.3) is 11.1 Å². The molecule has 0 aliphatic rings. The van der Waals surface area contributed by atoms with Crippen LogP contribution in [0.2, 0.25) is 0 Å². The zero-order chi connectivity index (χ0) is 34.1. The lowest BCUT2D eigenvalue weighted by atomic mass is 9.99. The van der Waals surface area contributed by atoms with Crippen molar-refractivity contribution in [2.75, 3.05) is 13.1 Å². The van der Waals surface area contributed by atoms with E-state index in [-0.39, 0.29) is 37.4 Å². The van der Waals surface area contributed by atoms with Gasteiger partial charge >= 0.3 is 24.1 Å². The van der Waals surface area contributed by atoms with E-state index >= 15 is 0 Å². The fourth-order valence-electron chi connectivity index (χ4n) is 4.00. The first-order valence-corrected chi connectivity index (χ1v) is 14.1. The molecule has 6 N–H and O–H groups in total. The number of alkyl halides is 3. The van der Waals surface area contributed by atoms with E-state index in [1.165, 1.54) is 0 Å². The highest BCUT2D eigenvalue weighted by Gasteiger charge is 2.38. The zero-order valence-corrected chi connectivity index (χ0v) is 24.8. The van der Waals surface area contributed by atoms with Crippen molar-refractivity contribution in [3.8, 4) is 11.1 Å². The molecule has 2 atom stereocenters. The molecular formula is C32H35F3N4O7. The van der Waals surface area contributed by atoms with Crippen LogP contribution in [-0.2, 0) is 19.2 Å². The monoisotopic (exact) mass is 644 g/mol. The molecule has 3 aromatic rings. The number of carboxylic acids is 2. The number of hydrogen-bond acceptors (Lipinski definition) is 5. The summed E-state index contributed by atoms with van der Waals surface area (Å²) in [6, 6.07) is 25.4. The van der Waals surface area contributed by atoms with Crippen LogP contribution < -0.4 is 21.3 Å². The molecule has 0 saturated carbocycles. The Morgan fingerprint density at radius 1 is 0.717 bits per heavy atom. The number of carbonyl (C=O) groups is 5. The third-order valence-electron chi connectivity index (χ3n) is 6.34. The summed E-state index contributed by atoms with van der Waals surface area (Å²) in [7, 11) is 0. The number of aliphatic carboxylic acids is 2. The quantitative estimate of drug-likeness (QED) is 0.148. The van der Waals surface area contributed by atoms with Crippen molar-refractivity contribution < 1.29 is 47.4 Å². The average Bonchev–Trinajstić information content (AvgIpc) is 3.02. The summed E-state index contributed by atoms with van der Waals surface area (Å²) in [4.78, 5) is 56.9. The van der Waals surface area contributed by atoms with Gasteiger partial charge in [0.05, 0.1) is 25.0 Å². The van der Waals surface area contributed by atoms with Crippen LogP contribution in [-0.4, -0.2) is 59.3 Å². The number of carbonyl (C=O) groups excluding carboxylic acids is 3. The van der Waals surface area contributed by atoms with E-state index in [9.17, 15) is 37.5 Å². The van der Waals surface area contributed by atoms with Gasteiger partial charge in [0.25, 0.3) is 0 Å². The highest BCUT2D eigenvalue weighted by atomic mass is 19.4. The third kappa shape index (κ3) is 13.9. The molecule has 0 aliphatic carbocycles. The topological polar surface area (TPSA) is 174 Å². The lowest BCUT2D eigenvalue weighted by Crippen LogP contribution is -2.40. The Morgan fingerprint density at radius 2 is 1.26 bits per heavy atom. The van der Waals surface area contributed by atoms with Crippen LogP contribution in [0, 0.1) is 0 Å². The van der Waals surface area contributed by atoms with E-state index in [1.807, 2.05) is 79.7 Å². The summed E-state index contributed by atoms with van der Waals surface area (Å²) in [5.41, 5.74) is 3.65. The van der Waals surface area contributed by atoms with Gasteiger partial charge in [-0.3, -0.25) is 14.4 Å². The summed E-state index contributed by atoms with van der Waals surface area (Å²) in [6.07, 6.45) is -4.85. The Kier molecular flexibility index (Phi) is 14.7. The highest BCUT2D eigenvalue weighted by Crippen LogP contribution is 2.23. The molecular weight excluding hydrogens is 609 g/mol. The SMILES string of the molecule is CC(NC(=O)NCCCC(=O)NCC(=O)NC(CC(=O)O)c1ccc(-c2ccccc2)cc1)c1ccccc1.O=C(O)C(F)(F)F. The first kappa shape index (κ1) is 36.8. The van der Waals surface area contributed by atoms with E-state index in [4.69, 9.17) is 9.90 Å². The number of urea groups is 1. The van der Waals surface area contributed by atoms with Gasteiger partial charge in [-0.1, -0.05) is 84.9 Å². The second kappa shape index (κ2) is 18.4. The lowest BCUT2D eigenvalue weighted by molar-refractivity contribution is -0.192. The van der Waals surface area contributed by atoms with E-state index in [0.29, 0.717) is 18.5 Å². The summed E-state index contributed by atoms with van der Waals surface area (Å²) in [5, 5.41) is 27.2. The van der Waals surface area contributed by atoms with E-state index in [1.54, 1.807) is 12.1 Å². The Balaban J connectivity index is 0.000000942. The molecule has 46 heavy (non-hydrogen) atoms. The molecule has 0 aliphatic heterocycles. The number of rotatable bonds is 13. The molecule has 0 aromatic heterocycles. The molecule has 4 amide bonds. The van der Waals surface area contributed by atoms with Gasteiger partial charge in [0, 0.05) is 13.0 Å². The number of amides is 4. The van der Waals surface area contributed by atoms with Crippen molar-refractivity contribution in [1.82, 2.24) is 21.3 Å². The molecule has 246 valence electrons. The summed E-state index contributed by atoms with van der Waals surface area (Å²) in [5.74, 6) is -4.64. The number of nitrogens with one attached hydrogen (secondary N) is 4. The van der Waals surface area contributed by atoms with Gasteiger partial charge in [-0.05, 0) is 35.6 Å². The molecule has 11 nitrogen and oxygen atoms in total. The van der Waals surface area contributed by atoms with Crippen molar-refractivity contribution in [2.24, 2.45) is 0 Å². The molecule has 0 saturated heterocycles. The number of halogens is 3. The van der Waals surface area contributed by atoms with Crippen LogP contribution in [0.5, 0.6) is 0 Å². The molecule has 0 heterocycles. The van der Waals surface area contributed by atoms with E-state index in [2.05, 4.69) is 21.3 Å². The van der Waals surface area contributed by atoms with Crippen LogP contribution >= 0.6 is 0 Å². The van der Waals surface area contributed by atoms with Gasteiger partial charge in [0.1, 0.15) is 0 Å². The van der Waals surface area contributed by atoms with Crippen molar-refractivity contribution in [1.29, 1.82) is 0 Å². The number of carboxylic acid groups (broad SMARTS) is 2. The normalized spacial score (nSPS) is 11.9. The molecule has 0 bridgehead atoms. The second-order valence-electron chi connectivity index (χ2n) is 9.92. The number of benzene rings is 3. The lowest BCUT2D eigenvalue weighted by Gasteiger charge is -2.18. The molecule has 3 rings (SSSR count). The standard InChI is InChI=1S/C30H34N4O5.C2HF3O2/c1-21(22-9-4-2-5-10-22)33-30(39)31-18-8-13-27(35)32-20-28(36)34-26(19-29(37)38)25-16-14-24(15-17-25)23-11-6-3-7-12-23;3-2(4,5)1(6)7/h2-7,9-12,14-17,21,26H,8,13,18-20H2,1H3,(H,32,35)(H,34,36)(H,37,38)(H2,31,33,39);(H,6,7). The van der Waals surface area contributed by atoms with Crippen molar-refractivity contribution in [3.63, 3.8) is 0 Å². The van der Waals surface area contributed by atoms with Gasteiger partial charge in [0.2, 0.25) is 11.8 Å². The van der Waals surface area contributed by atoms with Crippen LogP contribution in [0.15, 0.2) is 84.9 Å². The highest BCUT2D eigenvalue weighted by molar-refractivity contribution is 5.85. The van der Waals surface area contributed by atoms with Gasteiger partial charge in [-0.25, -0.2) is 9.59 Å². The first-order chi connectivity index (χ1) is 21.8. The minimum Gasteiger partial charge on any atom is -0.481 e. The van der Waals surface area contributed by atoms with Gasteiger partial charge in [0.15, 0.2) is 0 Å². The Bertz CT molecular complexity index is 1440. The molecule has 0 spiro atoms. The molecule has 2 unspecified atom stereocenters. The third-order valence-corrected chi connectivity index (χ3v) is 6.34. The maximum atomic E-state index is 12.5. The fraction of sp³-hybridized carbons (Fsp3) is 0.281. The molecule has 14 heteroatoms. The minimum absolute atomic E-state index is 0.126. The van der Waals surface area contributed by atoms with Crippen molar-refractivity contribution in [3.05, 3.63) is 96.1 Å². The Labute approximate surface area is 263 Å². The fourth-order valence-corrected chi connectivity index (χ4v) is 4.00. The van der Waals surface area contributed by atoms with Gasteiger partial charge < -0.3 is 31.5 Å². The van der Waals surface area contributed by atoms with Crippen LogP contribution in [0.4, 0.5) is 18.0 Å². The van der Waals surface area contributed by atoms with Crippen LogP contribution in [0.3, 0.4) is 0 Å². The summed E-state index contributed by atoms with van der Waals surface area (Å²) < 4.78 is 31.7. The summed E-state index contributed by atoms with van der Waals surface area (Å²) >= 11 is 0. The largest absolute Gasteiger partial charge is 0.490 e. The Hall–Kier alpha value is -5.40. The Morgan fingerprint density at radius 3 is 1.80 bits per heavy atom. The number of hydrogen-bond donors (Lipinski definition) is 6. The molecule has 3 aromatic carbocycles. The maximum absolute atomic E-state index is 12.5. The van der Waals surface area contributed by atoms with E-state index in [0.717, 1.165) is 16.7 Å². The van der Waals surface area contributed by atoms with Gasteiger partial charge in [-0.2, -0.15) is 13.2 Å². The smallest absolute Gasteiger partial charge is 0.481 e. The minimum atomic E-state index is -5.08. The van der Waals surface area contributed by atoms with Crippen molar-refractivity contribution >= 4 is 29.8 Å². The summed E-state index contributed by atoms with van der Waals surface area (Å²) in [6.45, 7) is 1.90. The van der Waals surface area contributed by atoms with Crippen LogP contribution in [0.1, 0.15) is 49.4 Å². The predicted molar refractivity (Wildman–Crippen MR) is 162 cm³/mol. The van der Waals surface area contributed by atoms with E-state index < -0.39 is 30.1 Å². The second-order valence-corrected chi connectivity index (χ2v) is 9.92. The van der Waals surface area contributed by atoms with Gasteiger partial charge in [-0.15, -0.1) is 0 Å². The predicted octanol–water partition coefficient (Wildman–Crippen LogP) is 4.58. The molecule has 0 fully saturated rings. The maximum Gasteiger partial charge on any atom is 0.490 e.